The largest absolute Gasteiger partial charge is 0.378 e. The van der Waals surface area contributed by atoms with E-state index in [0.29, 0.717) is 17.7 Å². The van der Waals surface area contributed by atoms with Gasteiger partial charge in [0, 0.05) is 25.9 Å². The Bertz CT molecular complexity index is 350. The molecule has 0 saturated carbocycles. The van der Waals surface area contributed by atoms with E-state index in [1.54, 1.807) is 6.20 Å². The highest BCUT2D eigenvalue weighted by Crippen LogP contribution is 2.20. The number of hydrogen-bond donors (Lipinski definition) is 1. The summed E-state index contributed by atoms with van der Waals surface area (Å²) in [5, 5.41) is 0.679. The Kier molecular flexibility index (Phi) is 5.23. The van der Waals surface area contributed by atoms with Gasteiger partial charge in [-0.1, -0.05) is 11.6 Å². The van der Waals surface area contributed by atoms with Crippen molar-refractivity contribution in [2.45, 2.75) is 25.4 Å². The molecular formula is C13H20ClN3O. The van der Waals surface area contributed by atoms with E-state index in [0.717, 1.165) is 44.8 Å². The van der Waals surface area contributed by atoms with E-state index in [4.69, 9.17) is 22.1 Å². The van der Waals surface area contributed by atoms with Crippen molar-refractivity contribution in [1.82, 2.24) is 4.98 Å². The second kappa shape index (κ2) is 6.92. The van der Waals surface area contributed by atoms with Crippen LogP contribution in [0.4, 0.5) is 5.82 Å². The maximum atomic E-state index is 5.83. The molecule has 1 aromatic rings. The van der Waals surface area contributed by atoms with Gasteiger partial charge in [-0.25, -0.2) is 4.98 Å². The molecule has 1 saturated heterocycles. The first kappa shape index (κ1) is 13.6. The Morgan fingerprint density at radius 1 is 1.39 bits per heavy atom. The highest BCUT2D eigenvalue weighted by atomic mass is 35.5. The zero-order chi connectivity index (χ0) is 12.8. The van der Waals surface area contributed by atoms with Gasteiger partial charge >= 0.3 is 0 Å². The van der Waals surface area contributed by atoms with E-state index < -0.39 is 0 Å². The van der Waals surface area contributed by atoms with Crippen LogP contribution in [-0.4, -0.2) is 37.3 Å². The molecule has 1 aliphatic heterocycles. The highest BCUT2D eigenvalue weighted by molar-refractivity contribution is 6.30. The normalized spacial score (nSPS) is 17.1. The molecule has 1 aromatic heterocycles. The lowest BCUT2D eigenvalue weighted by atomic mass is 10.1. The van der Waals surface area contributed by atoms with Gasteiger partial charge in [0.1, 0.15) is 5.82 Å². The molecule has 1 fully saturated rings. The molecule has 1 aliphatic rings. The Morgan fingerprint density at radius 2 is 2.17 bits per heavy atom. The fourth-order valence-electron chi connectivity index (χ4n) is 2.14. The number of anilines is 1. The van der Waals surface area contributed by atoms with Crippen molar-refractivity contribution in [2.75, 3.05) is 31.1 Å². The van der Waals surface area contributed by atoms with Crippen LogP contribution in [0, 0.1) is 0 Å². The molecule has 0 spiro atoms. The van der Waals surface area contributed by atoms with Gasteiger partial charge in [0.15, 0.2) is 0 Å². The van der Waals surface area contributed by atoms with Crippen molar-refractivity contribution in [2.24, 2.45) is 5.73 Å². The number of hydrogen-bond acceptors (Lipinski definition) is 4. The summed E-state index contributed by atoms with van der Waals surface area (Å²) in [5.74, 6) is 1.000. The summed E-state index contributed by atoms with van der Waals surface area (Å²) >= 11 is 5.83. The van der Waals surface area contributed by atoms with Crippen molar-refractivity contribution < 1.29 is 4.74 Å². The molecular weight excluding hydrogens is 250 g/mol. The lowest BCUT2D eigenvalue weighted by Crippen LogP contribution is -2.37. The molecule has 100 valence electrons. The van der Waals surface area contributed by atoms with E-state index >= 15 is 0 Å². The SMILES string of the molecule is NCCCOC1CCN(c2ccc(Cl)cn2)CC1. The van der Waals surface area contributed by atoms with Crippen LogP contribution in [0.25, 0.3) is 0 Å². The first-order valence-corrected chi connectivity index (χ1v) is 6.85. The molecule has 5 heteroatoms. The molecule has 0 aliphatic carbocycles. The van der Waals surface area contributed by atoms with Gasteiger partial charge in [0.2, 0.25) is 0 Å². The minimum atomic E-state index is 0.375. The fourth-order valence-corrected chi connectivity index (χ4v) is 2.25. The average Bonchev–Trinajstić information content (AvgIpc) is 2.41. The smallest absolute Gasteiger partial charge is 0.128 e. The van der Waals surface area contributed by atoms with Gasteiger partial charge < -0.3 is 15.4 Å². The lowest BCUT2D eigenvalue weighted by molar-refractivity contribution is 0.0365. The third-order valence-electron chi connectivity index (χ3n) is 3.18. The molecule has 2 rings (SSSR count). The molecule has 0 atom stereocenters. The Hall–Kier alpha value is -0.840. The van der Waals surface area contributed by atoms with Crippen LogP contribution >= 0.6 is 11.6 Å². The van der Waals surface area contributed by atoms with Gasteiger partial charge in [0.05, 0.1) is 11.1 Å². The summed E-state index contributed by atoms with van der Waals surface area (Å²) in [4.78, 5) is 6.62. The highest BCUT2D eigenvalue weighted by Gasteiger charge is 2.20. The van der Waals surface area contributed by atoms with Crippen molar-refractivity contribution in [3.63, 3.8) is 0 Å². The number of nitrogens with zero attached hydrogens (tertiary/aromatic N) is 2. The predicted molar refractivity (Wildman–Crippen MR) is 74.1 cm³/mol. The van der Waals surface area contributed by atoms with Crippen LogP contribution in [-0.2, 0) is 4.74 Å². The summed E-state index contributed by atoms with van der Waals surface area (Å²) in [5.41, 5.74) is 5.45. The first-order valence-electron chi connectivity index (χ1n) is 6.48. The van der Waals surface area contributed by atoms with Gasteiger partial charge in [-0.15, -0.1) is 0 Å². The number of halogens is 1. The summed E-state index contributed by atoms with van der Waals surface area (Å²) in [7, 11) is 0. The van der Waals surface area contributed by atoms with Crippen molar-refractivity contribution in [1.29, 1.82) is 0 Å². The quantitative estimate of drug-likeness (QED) is 0.832. The molecule has 18 heavy (non-hydrogen) atoms. The van der Waals surface area contributed by atoms with E-state index in [2.05, 4.69) is 9.88 Å². The summed E-state index contributed by atoms with van der Waals surface area (Å²) in [6.45, 7) is 3.46. The van der Waals surface area contributed by atoms with Crippen LogP contribution < -0.4 is 10.6 Å². The molecule has 0 aromatic carbocycles. The van der Waals surface area contributed by atoms with E-state index in [1.165, 1.54) is 0 Å². The summed E-state index contributed by atoms with van der Waals surface area (Å²) < 4.78 is 5.78. The zero-order valence-corrected chi connectivity index (χ0v) is 11.3. The predicted octanol–water partition coefficient (Wildman–Crippen LogP) is 2.07. The molecule has 2 N–H and O–H groups in total. The standard InChI is InChI=1S/C13H20ClN3O/c14-11-2-3-13(16-10-11)17-7-4-12(5-8-17)18-9-1-6-15/h2-3,10,12H,1,4-9,15H2. The van der Waals surface area contributed by atoms with Crippen LogP contribution in [0.3, 0.4) is 0 Å². The molecule has 0 radical (unpaired) electrons. The van der Waals surface area contributed by atoms with Gasteiger partial charge in [-0.2, -0.15) is 0 Å². The van der Waals surface area contributed by atoms with Crippen molar-refractivity contribution in [3.05, 3.63) is 23.4 Å². The number of ether oxygens (including phenoxy) is 1. The Balaban J connectivity index is 1.77. The second-order valence-corrected chi connectivity index (χ2v) is 4.97. The second-order valence-electron chi connectivity index (χ2n) is 4.53. The van der Waals surface area contributed by atoms with Crippen LogP contribution in [0.2, 0.25) is 5.02 Å². The Labute approximate surface area is 113 Å². The number of aromatic nitrogens is 1. The molecule has 0 unspecified atom stereocenters. The number of rotatable bonds is 5. The fraction of sp³-hybridized carbons (Fsp3) is 0.615. The van der Waals surface area contributed by atoms with E-state index in [9.17, 15) is 0 Å². The van der Waals surface area contributed by atoms with Gasteiger partial charge in [-0.3, -0.25) is 0 Å². The maximum Gasteiger partial charge on any atom is 0.128 e. The van der Waals surface area contributed by atoms with Gasteiger partial charge in [-0.05, 0) is 37.9 Å². The maximum absolute atomic E-state index is 5.83. The molecule has 4 nitrogen and oxygen atoms in total. The minimum Gasteiger partial charge on any atom is -0.378 e. The van der Waals surface area contributed by atoms with Crippen molar-refractivity contribution in [3.8, 4) is 0 Å². The van der Waals surface area contributed by atoms with Crippen LogP contribution in [0.5, 0.6) is 0 Å². The van der Waals surface area contributed by atoms with E-state index in [-0.39, 0.29) is 0 Å². The summed E-state index contributed by atoms with van der Waals surface area (Å²) in [6.07, 6.45) is 5.11. The third-order valence-corrected chi connectivity index (χ3v) is 3.40. The van der Waals surface area contributed by atoms with E-state index in [1.807, 2.05) is 12.1 Å². The number of pyridine rings is 1. The molecule has 0 bridgehead atoms. The first-order chi connectivity index (χ1) is 8.79. The van der Waals surface area contributed by atoms with Crippen molar-refractivity contribution >= 4 is 17.4 Å². The number of nitrogens with two attached hydrogens (primary N) is 1. The molecule has 0 amide bonds. The Morgan fingerprint density at radius 3 is 2.78 bits per heavy atom. The average molecular weight is 270 g/mol. The van der Waals surface area contributed by atoms with Crippen LogP contribution in [0.1, 0.15) is 19.3 Å². The monoisotopic (exact) mass is 269 g/mol. The molecule has 2 heterocycles. The summed E-state index contributed by atoms with van der Waals surface area (Å²) in [6, 6.07) is 3.85. The third kappa shape index (κ3) is 3.83. The minimum absolute atomic E-state index is 0.375. The zero-order valence-electron chi connectivity index (χ0n) is 10.5. The topological polar surface area (TPSA) is 51.4 Å². The number of piperidine rings is 1. The van der Waals surface area contributed by atoms with Crippen LogP contribution in [0.15, 0.2) is 18.3 Å². The lowest BCUT2D eigenvalue weighted by Gasteiger charge is -2.32. The van der Waals surface area contributed by atoms with Gasteiger partial charge in [0.25, 0.3) is 0 Å².